The van der Waals surface area contributed by atoms with Crippen LogP contribution in [0, 0.1) is 0 Å². The summed E-state index contributed by atoms with van der Waals surface area (Å²) in [6.07, 6.45) is -0.157. The van der Waals surface area contributed by atoms with Crippen LogP contribution in [0.25, 0.3) is 0 Å². The summed E-state index contributed by atoms with van der Waals surface area (Å²) in [6.45, 7) is -0.222. The lowest BCUT2D eigenvalue weighted by Gasteiger charge is -2.22. The molecule has 7 nitrogen and oxygen atoms in total. The molecule has 0 radical (unpaired) electrons. The Morgan fingerprint density at radius 3 is 2.41 bits per heavy atom. The minimum absolute atomic E-state index is 0.157. The summed E-state index contributed by atoms with van der Waals surface area (Å²) in [7, 11) is 1.26. The number of esters is 1. The van der Waals surface area contributed by atoms with Crippen LogP contribution >= 0.6 is 28.1 Å². The van der Waals surface area contributed by atoms with Gasteiger partial charge in [0.2, 0.25) is 5.91 Å². The van der Waals surface area contributed by atoms with Crippen molar-refractivity contribution in [1.82, 2.24) is 4.90 Å². The average molecular weight is 476 g/mol. The van der Waals surface area contributed by atoms with Gasteiger partial charge < -0.3 is 15.0 Å². The van der Waals surface area contributed by atoms with Gasteiger partial charge in [-0.2, -0.15) is 0 Å². The highest BCUT2D eigenvalue weighted by atomic mass is 79.9. The van der Waals surface area contributed by atoms with Crippen LogP contribution in [-0.2, 0) is 19.1 Å². The highest BCUT2D eigenvalue weighted by molar-refractivity contribution is 9.10. The van der Waals surface area contributed by atoms with Gasteiger partial charge in [-0.3, -0.25) is 19.3 Å². The molecule has 2 amide bonds. The van der Waals surface area contributed by atoms with Crippen LogP contribution < -0.4 is 10.2 Å². The molecular weight excluding hydrogens is 458 g/mol. The molecule has 1 atom stereocenters. The second kappa shape index (κ2) is 9.15. The van der Waals surface area contributed by atoms with Crippen LogP contribution in [0.3, 0.4) is 0 Å². The van der Waals surface area contributed by atoms with Crippen molar-refractivity contribution in [2.45, 2.75) is 12.5 Å². The normalized spacial score (nSPS) is 16.1. The fourth-order valence-electron chi connectivity index (χ4n) is 2.95. The Morgan fingerprint density at radius 1 is 1.14 bits per heavy atom. The fraction of sp³-hybridized carbons (Fsp3) is 0.200. The van der Waals surface area contributed by atoms with Crippen molar-refractivity contribution in [3.8, 4) is 0 Å². The van der Waals surface area contributed by atoms with Gasteiger partial charge in [0.15, 0.2) is 5.11 Å². The van der Waals surface area contributed by atoms with E-state index in [1.165, 1.54) is 16.9 Å². The molecule has 9 heteroatoms. The molecule has 0 aromatic heterocycles. The Balaban J connectivity index is 1.81. The molecule has 1 saturated heterocycles. The molecule has 2 aromatic rings. The number of benzene rings is 2. The molecule has 0 aliphatic carbocycles. The van der Waals surface area contributed by atoms with Gasteiger partial charge in [0.25, 0.3) is 5.91 Å². The summed E-state index contributed by atoms with van der Waals surface area (Å²) in [5, 5.41) is 2.92. The van der Waals surface area contributed by atoms with Crippen molar-refractivity contribution in [1.29, 1.82) is 0 Å². The number of para-hydroxylation sites is 1. The molecule has 0 bridgehead atoms. The zero-order valence-electron chi connectivity index (χ0n) is 15.5. The van der Waals surface area contributed by atoms with Crippen molar-refractivity contribution < 1.29 is 19.1 Å². The van der Waals surface area contributed by atoms with Gasteiger partial charge in [0.05, 0.1) is 19.2 Å². The van der Waals surface area contributed by atoms with Gasteiger partial charge in [0, 0.05) is 10.2 Å². The minimum Gasteiger partial charge on any atom is -0.468 e. The molecule has 0 saturated carbocycles. The number of nitrogens with zero attached hydrogens (tertiary/aromatic N) is 2. The van der Waals surface area contributed by atoms with Gasteiger partial charge in [-0.15, -0.1) is 0 Å². The number of amides is 2. The number of hydrogen-bond acceptors (Lipinski definition) is 5. The van der Waals surface area contributed by atoms with E-state index in [4.69, 9.17) is 17.0 Å². The summed E-state index contributed by atoms with van der Waals surface area (Å²) in [4.78, 5) is 40.3. The highest BCUT2D eigenvalue weighted by Gasteiger charge is 2.44. The molecular formula is C20H18BrN3O4S. The Bertz CT molecular complexity index is 937. The quantitative estimate of drug-likeness (QED) is 0.511. The Hall–Kier alpha value is -2.78. The molecule has 1 fully saturated rings. The van der Waals surface area contributed by atoms with Crippen LogP contribution in [0.1, 0.15) is 6.42 Å². The van der Waals surface area contributed by atoms with Gasteiger partial charge in [-0.25, -0.2) is 0 Å². The van der Waals surface area contributed by atoms with Crippen LogP contribution in [0.15, 0.2) is 59.1 Å². The second-order valence-electron chi connectivity index (χ2n) is 6.27. The van der Waals surface area contributed by atoms with Gasteiger partial charge in [-0.1, -0.05) is 34.1 Å². The summed E-state index contributed by atoms with van der Waals surface area (Å²) >= 11 is 8.78. The topological polar surface area (TPSA) is 79.0 Å². The number of halogens is 1. The molecule has 2 aromatic carbocycles. The van der Waals surface area contributed by atoms with Crippen molar-refractivity contribution in [2.75, 3.05) is 23.9 Å². The Kier molecular flexibility index (Phi) is 6.60. The van der Waals surface area contributed by atoms with Gasteiger partial charge in [-0.05, 0) is 48.6 Å². The van der Waals surface area contributed by atoms with E-state index in [-0.39, 0.29) is 29.9 Å². The maximum atomic E-state index is 13.1. The van der Waals surface area contributed by atoms with Crippen LogP contribution in [-0.4, -0.2) is 47.5 Å². The monoisotopic (exact) mass is 475 g/mol. The number of carbonyl (C=O) groups is 3. The molecule has 1 heterocycles. The number of hydrogen-bond donors (Lipinski definition) is 1. The smallest absolute Gasteiger partial charge is 0.325 e. The Labute approximate surface area is 181 Å². The fourth-order valence-corrected chi connectivity index (χ4v) is 3.60. The SMILES string of the molecule is COC(=O)CN1C(=S)N(c2ccccc2)C(=O)[C@H]1CC(=O)Nc1ccc(Br)cc1. The summed E-state index contributed by atoms with van der Waals surface area (Å²) in [5.74, 6) is -1.28. The first-order valence-corrected chi connectivity index (χ1v) is 9.92. The maximum absolute atomic E-state index is 13.1. The van der Waals surface area contributed by atoms with Crippen LogP contribution in [0.5, 0.6) is 0 Å². The van der Waals surface area contributed by atoms with E-state index in [0.29, 0.717) is 11.4 Å². The summed E-state index contributed by atoms with van der Waals surface area (Å²) < 4.78 is 5.61. The zero-order chi connectivity index (χ0) is 21.0. The zero-order valence-corrected chi connectivity index (χ0v) is 17.9. The van der Waals surface area contributed by atoms with E-state index >= 15 is 0 Å². The third kappa shape index (κ3) is 4.80. The predicted octanol–water partition coefficient (Wildman–Crippen LogP) is 2.95. The number of rotatable bonds is 6. The lowest BCUT2D eigenvalue weighted by atomic mass is 10.1. The van der Waals surface area contributed by atoms with E-state index in [0.717, 1.165) is 4.47 Å². The predicted molar refractivity (Wildman–Crippen MR) is 116 cm³/mol. The lowest BCUT2D eigenvalue weighted by molar-refractivity contribution is -0.141. The number of methoxy groups -OCH3 is 1. The van der Waals surface area contributed by atoms with Crippen LogP contribution in [0.4, 0.5) is 11.4 Å². The molecule has 0 unspecified atom stereocenters. The number of thiocarbonyl (C=S) groups is 1. The molecule has 1 aliphatic rings. The van der Waals surface area contributed by atoms with E-state index in [2.05, 4.69) is 21.2 Å². The van der Waals surface area contributed by atoms with Crippen molar-refractivity contribution in [3.63, 3.8) is 0 Å². The first-order chi connectivity index (χ1) is 13.9. The molecule has 29 heavy (non-hydrogen) atoms. The number of nitrogens with one attached hydrogen (secondary N) is 1. The molecule has 1 aliphatic heterocycles. The molecule has 3 rings (SSSR count). The minimum atomic E-state index is -0.905. The van der Waals surface area contributed by atoms with Crippen molar-refractivity contribution in [3.05, 3.63) is 59.1 Å². The molecule has 0 spiro atoms. The first-order valence-electron chi connectivity index (χ1n) is 8.72. The lowest BCUT2D eigenvalue weighted by Crippen LogP contribution is -2.41. The molecule has 150 valence electrons. The third-order valence-electron chi connectivity index (χ3n) is 4.37. The summed E-state index contributed by atoms with van der Waals surface area (Å²) in [5.41, 5.74) is 1.18. The van der Waals surface area contributed by atoms with Crippen molar-refractivity contribution >= 4 is 62.4 Å². The van der Waals surface area contributed by atoms with E-state index in [1.807, 2.05) is 6.07 Å². The number of carbonyl (C=O) groups excluding carboxylic acids is 3. The number of anilines is 2. The third-order valence-corrected chi connectivity index (χ3v) is 5.31. The van der Waals surface area contributed by atoms with Crippen molar-refractivity contribution in [2.24, 2.45) is 0 Å². The largest absolute Gasteiger partial charge is 0.468 e. The second-order valence-corrected chi connectivity index (χ2v) is 7.55. The highest BCUT2D eigenvalue weighted by Crippen LogP contribution is 2.27. The summed E-state index contributed by atoms with van der Waals surface area (Å²) in [6, 6.07) is 15.0. The maximum Gasteiger partial charge on any atom is 0.325 e. The standard InChI is InChI=1S/C20H18BrN3O4S/c1-28-18(26)12-23-16(11-17(25)22-14-9-7-13(21)8-10-14)19(27)24(20(23)29)15-5-3-2-4-6-15/h2-10,16H,11-12H2,1H3,(H,22,25)/t16-/m1/s1. The van der Waals surface area contributed by atoms with E-state index in [1.54, 1.807) is 48.5 Å². The van der Waals surface area contributed by atoms with E-state index in [9.17, 15) is 14.4 Å². The van der Waals surface area contributed by atoms with Crippen LogP contribution in [0.2, 0.25) is 0 Å². The van der Waals surface area contributed by atoms with E-state index < -0.39 is 12.0 Å². The first kappa shape index (κ1) is 20.9. The number of ether oxygens (including phenoxy) is 1. The van der Waals surface area contributed by atoms with Gasteiger partial charge >= 0.3 is 5.97 Å². The van der Waals surface area contributed by atoms with Gasteiger partial charge in [0.1, 0.15) is 12.6 Å². The Morgan fingerprint density at radius 2 is 1.79 bits per heavy atom. The molecule has 1 N–H and O–H groups in total. The average Bonchev–Trinajstić information content (AvgIpc) is 2.94.